The summed E-state index contributed by atoms with van der Waals surface area (Å²) in [7, 11) is 0. The summed E-state index contributed by atoms with van der Waals surface area (Å²) in [6.07, 6.45) is 3.38. The number of hydrogen-bond donors (Lipinski definition) is 1. The van der Waals surface area contributed by atoms with Crippen molar-refractivity contribution in [1.29, 1.82) is 0 Å². The number of benzene rings is 2. The molecule has 1 atom stereocenters. The second kappa shape index (κ2) is 13.0. The van der Waals surface area contributed by atoms with E-state index >= 15 is 0 Å². The molecule has 6 nitrogen and oxygen atoms in total. The van der Waals surface area contributed by atoms with Crippen LogP contribution in [-0.2, 0) is 35.8 Å². The van der Waals surface area contributed by atoms with Gasteiger partial charge in [0.1, 0.15) is 0 Å². The first-order chi connectivity index (χ1) is 18.5. The molecule has 2 aromatic rings. The quantitative estimate of drug-likeness (QED) is 0.431. The molecule has 206 valence electrons. The van der Waals surface area contributed by atoms with Crippen molar-refractivity contribution in [2.75, 3.05) is 44.4 Å². The molecule has 0 aromatic heterocycles. The van der Waals surface area contributed by atoms with E-state index in [-0.39, 0.29) is 6.61 Å². The first kappa shape index (κ1) is 27.7. The summed E-state index contributed by atoms with van der Waals surface area (Å²) in [5.41, 5.74) is 7.28. The summed E-state index contributed by atoms with van der Waals surface area (Å²) in [5.74, 6) is 3.08. The van der Waals surface area contributed by atoms with Gasteiger partial charge in [-0.15, -0.1) is 0 Å². The highest BCUT2D eigenvalue weighted by atomic mass is 32.2. The monoisotopic (exact) mass is 537 g/mol. The molecule has 3 aliphatic rings. The summed E-state index contributed by atoms with van der Waals surface area (Å²) in [4.78, 5) is 19.3. The van der Waals surface area contributed by atoms with Gasteiger partial charge in [0.25, 0.3) is 0 Å². The number of carbonyl (C=O) groups excluding carboxylic acids is 1. The lowest BCUT2D eigenvalue weighted by Crippen LogP contribution is -2.48. The van der Waals surface area contributed by atoms with E-state index < -0.39 is 0 Å². The van der Waals surface area contributed by atoms with E-state index in [0.29, 0.717) is 31.2 Å². The summed E-state index contributed by atoms with van der Waals surface area (Å²) < 4.78 is 6.30. The lowest BCUT2D eigenvalue weighted by Gasteiger charge is -2.35. The Morgan fingerprint density at radius 2 is 1.71 bits per heavy atom. The molecule has 1 unspecified atom stereocenters. The second-order valence-electron chi connectivity index (χ2n) is 11.3. The molecule has 3 fully saturated rings. The lowest BCUT2D eigenvalue weighted by atomic mass is 10.0. The van der Waals surface area contributed by atoms with Crippen LogP contribution < -0.4 is 0 Å². The Hall–Kier alpha value is -1.90. The van der Waals surface area contributed by atoms with Crippen molar-refractivity contribution >= 4 is 17.7 Å². The average molecular weight is 538 g/mol. The van der Waals surface area contributed by atoms with Gasteiger partial charge in [-0.1, -0.05) is 36.4 Å². The summed E-state index contributed by atoms with van der Waals surface area (Å²) in [6.45, 7) is 11.0. The molecule has 7 heteroatoms. The van der Waals surface area contributed by atoms with Gasteiger partial charge >= 0.3 is 0 Å². The SMILES string of the molecule is Cc1cc(CN(COCc2ccc(CN3CCN(C(=O)C4CC4)CC3)cc2C)C2CCSC2)ccc1CO. The average Bonchev–Trinajstić information content (AvgIpc) is 3.63. The van der Waals surface area contributed by atoms with Gasteiger partial charge in [-0.2, -0.15) is 11.8 Å². The highest BCUT2D eigenvalue weighted by Crippen LogP contribution is 2.31. The number of thioether (sulfide) groups is 1. The topological polar surface area (TPSA) is 56.2 Å². The highest BCUT2D eigenvalue weighted by Gasteiger charge is 2.34. The number of amides is 1. The number of ether oxygens (including phenoxy) is 1. The Kier molecular flexibility index (Phi) is 9.44. The van der Waals surface area contributed by atoms with Gasteiger partial charge in [-0.3, -0.25) is 14.6 Å². The number of rotatable bonds is 11. The smallest absolute Gasteiger partial charge is 0.225 e. The van der Waals surface area contributed by atoms with Crippen molar-refractivity contribution in [1.82, 2.24) is 14.7 Å². The Bertz CT molecular complexity index is 1090. The van der Waals surface area contributed by atoms with Gasteiger partial charge in [0.05, 0.1) is 19.9 Å². The third kappa shape index (κ3) is 7.19. The standard InChI is InChI=1S/C31H43N3O3S/c1-23-15-26(3-5-28(23)19-35)18-34(30-9-14-38-21-30)22-37-20-29-6-4-25(16-24(29)2)17-32-10-12-33(13-11-32)31(36)27-7-8-27/h3-6,15-16,27,30,35H,7-14,17-22H2,1-2H3. The molecule has 1 N–H and O–H groups in total. The van der Waals surface area contributed by atoms with Crippen LogP contribution in [0.2, 0.25) is 0 Å². The van der Waals surface area contributed by atoms with Gasteiger partial charge in [-0.25, -0.2) is 0 Å². The summed E-state index contributed by atoms with van der Waals surface area (Å²) in [6, 6.07) is 13.7. The fourth-order valence-electron chi connectivity index (χ4n) is 5.62. The molecule has 2 saturated heterocycles. The molecular weight excluding hydrogens is 494 g/mol. The lowest BCUT2D eigenvalue weighted by molar-refractivity contribution is -0.134. The molecule has 2 aliphatic heterocycles. The second-order valence-corrected chi connectivity index (χ2v) is 12.4. The zero-order valence-electron chi connectivity index (χ0n) is 23.0. The van der Waals surface area contributed by atoms with Crippen molar-refractivity contribution in [2.24, 2.45) is 5.92 Å². The van der Waals surface area contributed by atoms with Gasteiger partial charge in [0, 0.05) is 57.0 Å². The third-order valence-corrected chi connectivity index (χ3v) is 9.47. The van der Waals surface area contributed by atoms with E-state index in [0.717, 1.165) is 69.0 Å². The zero-order chi connectivity index (χ0) is 26.5. The number of nitrogens with zero attached hydrogens (tertiary/aromatic N) is 3. The summed E-state index contributed by atoms with van der Waals surface area (Å²) in [5, 5.41) is 9.51. The fraction of sp³-hybridized carbons (Fsp3) is 0.581. The molecule has 5 rings (SSSR count). The number of aliphatic hydroxyl groups excluding tert-OH is 1. The molecule has 0 spiro atoms. The molecule has 0 radical (unpaired) electrons. The minimum atomic E-state index is 0.0916. The molecule has 2 heterocycles. The third-order valence-electron chi connectivity index (χ3n) is 8.32. The largest absolute Gasteiger partial charge is 0.392 e. The molecule has 1 saturated carbocycles. The molecular formula is C31H43N3O3S. The number of hydrogen-bond acceptors (Lipinski definition) is 6. The molecule has 38 heavy (non-hydrogen) atoms. The van der Waals surface area contributed by atoms with E-state index in [2.05, 4.69) is 58.9 Å². The number of piperazine rings is 1. The first-order valence-corrected chi connectivity index (χ1v) is 15.3. The first-order valence-electron chi connectivity index (χ1n) is 14.2. The Morgan fingerprint density at radius 1 is 1.00 bits per heavy atom. The van der Waals surface area contributed by atoms with Crippen LogP contribution in [0, 0.1) is 19.8 Å². The van der Waals surface area contributed by atoms with Crippen molar-refractivity contribution in [2.45, 2.75) is 65.5 Å². The molecule has 1 amide bonds. The van der Waals surface area contributed by atoms with Crippen LogP contribution >= 0.6 is 11.8 Å². The van der Waals surface area contributed by atoms with Crippen molar-refractivity contribution in [3.05, 3.63) is 69.8 Å². The van der Waals surface area contributed by atoms with E-state index in [1.54, 1.807) is 0 Å². The maximum atomic E-state index is 12.3. The predicted octanol–water partition coefficient (Wildman–Crippen LogP) is 4.33. The fourth-order valence-corrected chi connectivity index (χ4v) is 6.88. The maximum absolute atomic E-state index is 12.3. The van der Waals surface area contributed by atoms with Gasteiger partial charge in [0.15, 0.2) is 0 Å². The number of carbonyl (C=O) groups is 1. The molecule has 2 aromatic carbocycles. The van der Waals surface area contributed by atoms with Gasteiger partial charge in [-0.05, 0) is 72.2 Å². The van der Waals surface area contributed by atoms with Crippen LogP contribution in [0.4, 0.5) is 0 Å². The van der Waals surface area contributed by atoms with Crippen molar-refractivity contribution < 1.29 is 14.6 Å². The van der Waals surface area contributed by atoms with Crippen molar-refractivity contribution in [3.8, 4) is 0 Å². The van der Waals surface area contributed by atoms with Crippen LogP contribution in [0.25, 0.3) is 0 Å². The predicted molar refractivity (Wildman–Crippen MR) is 154 cm³/mol. The zero-order valence-corrected chi connectivity index (χ0v) is 23.8. The Morgan fingerprint density at radius 3 is 2.37 bits per heavy atom. The highest BCUT2D eigenvalue weighted by molar-refractivity contribution is 7.99. The van der Waals surface area contributed by atoms with Crippen LogP contribution in [0.1, 0.15) is 52.6 Å². The van der Waals surface area contributed by atoms with Gasteiger partial charge < -0.3 is 14.7 Å². The van der Waals surface area contributed by atoms with Crippen LogP contribution in [0.5, 0.6) is 0 Å². The Labute approximate surface area is 232 Å². The van der Waals surface area contributed by atoms with Gasteiger partial charge in [0.2, 0.25) is 5.91 Å². The van der Waals surface area contributed by atoms with E-state index in [9.17, 15) is 9.90 Å². The Balaban J connectivity index is 1.11. The minimum absolute atomic E-state index is 0.0916. The van der Waals surface area contributed by atoms with E-state index in [1.807, 2.05) is 17.8 Å². The van der Waals surface area contributed by atoms with Crippen LogP contribution in [0.15, 0.2) is 36.4 Å². The maximum Gasteiger partial charge on any atom is 0.225 e. The normalized spacial score (nSPS) is 20.4. The minimum Gasteiger partial charge on any atom is -0.392 e. The van der Waals surface area contributed by atoms with Crippen LogP contribution in [-0.4, -0.2) is 76.2 Å². The molecule has 0 bridgehead atoms. The summed E-state index contributed by atoms with van der Waals surface area (Å²) >= 11 is 2.03. The van der Waals surface area contributed by atoms with Crippen molar-refractivity contribution in [3.63, 3.8) is 0 Å². The number of aryl methyl sites for hydroxylation is 2. The van der Waals surface area contributed by atoms with E-state index in [1.165, 1.54) is 34.4 Å². The van der Waals surface area contributed by atoms with Crippen LogP contribution in [0.3, 0.4) is 0 Å². The molecule has 1 aliphatic carbocycles. The van der Waals surface area contributed by atoms with E-state index in [4.69, 9.17) is 4.74 Å². The number of aliphatic hydroxyl groups is 1.